The molecule has 0 amide bonds. The maximum atomic E-state index is 9.73. The smallest absolute Gasteiger partial charge is 0.113 e. The first-order valence-corrected chi connectivity index (χ1v) is 7.54. The molecule has 0 aromatic heterocycles. The van der Waals surface area contributed by atoms with Crippen molar-refractivity contribution in [2.45, 2.75) is 24.8 Å². The van der Waals surface area contributed by atoms with E-state index in [-0.39, 0.29) is 5.54 Å². The molecule has 100 valence electrons. The van der Waals surface area contributed by atoms with E-state index in [0.29, 0.717) is 0 Å². The SMILES string of the molecule is N#CC1(N2CCOCC2)CCc2cc(Br)ccc2C1. The van der Waals surface area contributed by atoms with Crippen molar-refractivity contribution in [1.29, 1.82) is 5.26 Å². The Kier molecular flexibility index (Phi) is 3.62. The molecular formula is C15H17BrN2O. The van der Waals surface area contributed by atoms with Gasteiger partial charge in [-0.15, -0.1) is 0 Å². The number of benzene rings is 1. The summed E-state index contributed by atoms with van der Waals surface area (Å²) in [5.41, 5.74) is 2.38. The quantitative estimate of drug-likeness (QED) is 0.797. The molecule has 0 saturated carbocycles. The maximum Gasteiger partial charge on any atom is 0.113 e. The van der Waals surface area contributed by atoms with Crippen LogP contribution in [0.2, 0.25) is 0 Å². The standard InChI is InChI=1S/C15H17BrN2O/c16-14-2-1-13-10-15(11-17,4-3-12(13)9-14)18-5-7-19-8-6-18/h1-2,9H,3-8,10H2. The summed E-state index contributed by atoms with van der Waals surface area (Å²) >= 11 is 3.52. The predicted octanol–water partition coefficient (Wildman–Crippen LogP) is 2.53. The first-order valence-electron chi connectivity index (χ1n) is 6.75. The van der Waals surface area contributed by atoms with Crippen LogP contribution in [0.5, 0.6) is 0 Å². The number of nitriles is 1. The molecular weight excluding hydrogens is 304 g/mol. The van der Waals surface area contributed by atoms with Crippen molar-refractivity contribution in [2.24, 2.45) is 0 Å². The predicted molar refractivity (Wildman–Crippen MR) is 76.9 cm³/mol. The zero-order valence-corrected chi connectivity index (χ0v) is 12.4. The Labute approximate surface area is 122 Å². The number of halogens is 1. The van der Waals surface area contributed by atoms with Gasteiger partial charge in [-0.3, -0.25) is 4.90 Å². The van der Waals surface area contributed by atoms with Crippen LogP contribution in [0.4, 0.5) is 0 Å². The largest absolute Gasteiger partial charge is 0.379 e. The second-order valence-corrected chi connectivity index (χ2v) is 6.25. The lowest BCUT2D eigenvalue weighted by Gasteiger charge is -2.43. The van der Waals surface area contributed by atoms with E-state index in [0.717, 1.165) is 50.0 Å². The fraction of sp³-hybridized carbons (Fsp3) is 0.533. The van der Waals surface area contributed by atoms with E-state index in [9.17, 15) is 5.26 Å². The topological polar surface area (TPSA) is 36.3 Å². The van der Waals surface area contributed by atoms with Crippen LogP contribution >= 0.6 is 15.9 Å². The second-order valence-electron chi connectivity index (χ2n) is 5.33. The molecule has 0 radical (unpaired) electrons. The van der Waals surface area contributed by atoms with Crippen molar-refractivity contribution in [3.8, 4) is 6.07 Å². The number of morpholine rings is 1. The Hall–Kier alpha value is -0.890. The van der Waals surface area contributed by atoms with Gasteiger partial charge in [0.15, 0.2) is 0 Å². The van der Waals surface area contributed by atoms with Gasteiger partial charge in [-0.1, -0.05) is 22.0 Å². The van der Waals surface area contributed by atoms with Crippen molar-refractivity contribution in [3.05, 3.63) is 33.8 Å². The molecule has 1 fully saturated rings. The van der Waals surface area contributed by atoms with Gasteiger partial charge in [0.2, 0.25) is 0 Å². The number of nitrogens with zero attached hydrogens (tertiary/aromatic N) is 2. The fourth-order valence-corrected chi connectivity index (χ4v) is 3.58. The van der Waals surface area contributed by atoms with Crippen molar-refractivity contribution in [2.75, 3.05) is 26.3 Å². The van der Waals surface area contributed by atoms with Gasteiger partial charge in [-0.2, -0.15) is 5.26 Å². The Balaban J connectivity index is 1.89. The third-order valence-corrected chi connectivity index (χ3v) is 4.78. The zero-order chi connectivity index (χ0) is 13.3. The minimum absolute atomic E-state index is 0.329. The summed E-state index contributed by atoms with van der Waals surface area (Å²) < 4.78 is 6.53. The van der Waals surface area contributed by atoms with Crippen LogP contribution in [-0.4, -0.2) is 36.7 Å². The molecule has 1 aromatic rings. The monoisotopic (exact) mass is 320 g/mol. The summed E-state index contributed by atoms with van der Waals surface area (Å²) in [6.07, 6.45) is 2.75. The van der Waals surface area contributed by atoms with Crippen LogP contribution in [0, 0.1) is 11.3 Å². The Bertz CT molecular complexity index is 519. The minimum atomic E-state index is -0.329. The third-order valence-electron chi connectivity index (χ3n) is 4.28. The highest BCUT2D eigenvalue weighted by molar-refractivity contribution is 9.10. The number of rotatable bonds is 1. The maximum absolute atomic E-state index is 9.73. The van der Waals surface area contributed by atoms with Crippen LogP contribution in [-0.2, 0) is 17.6 Å². The summed E-state index contributed by atoms with van der Waals surface area (Å²) in [6.45, 7) is 3.24. The van der Waals surface area contributed by atoms with Crippen molar-refractivity contribution in [3.63, 3.8) is 0 Å². The fourth-order valence-electron chi connectivity index (χ4n) is 3.17. The molecule has 0 bridgehead atoms. The van der Waals surface area contributed by atoms with E-state index in [2.05, 4.69) is 45.1 Å². The van der Waals surface area contributed by atoms with Gasteiger partial charge < -0.3 is 4.74 Å². The highest BCUT2D eigenvalue weighted by Crippen LogP contribution is 2.34. The van der Waals surface area contributed by atoms with Crippen molar-refractivity contribution >= 4 is 15.9 Å². The van der Waals surface area contributed by atoms with E-state index in [1.807, 2.05) is 0 Å². The number of hydrogen-bond donors (Lipinski definition) is 0. The highest BCUT2D eigenvalue weighted by Gasteiger charge is 2.40. The molecule has 19 heavy (non-hydrogen) atoms. The molecule has 4 heteroatoms. The number of fused-ring (bicyclic) bond motifs is 1. The molecule has 0 spiro atoms. The average Bonchev–Trinajstić information content (AvgIpc) is 2.48. The number of ether oxygens (including phenoxy) is 1. The van der Waals surface area contributed by atoms with Gasteiger partial charge in [0, 0.05) is 24.0 Å². The van der Waals surface area contributed by atoms with E-state index < -0.39 is 0 Å². The van der Waals surface area contributed by atoms with E-state index in [1.54, 1.807) is 0 Å². The lowest BCUT2D eigenvalue weighted by atomic mass is 9.77. The van der Waals surface area contributed by atoms with Crippen LogP contribution in [0.25, 0.3) is 0 Å². The molecule has 2 aliphatic rings. The summed E-state index contributed by atoms with van der Waals surface area (Å²) in [4.78, 5) is 2.32. The second kappa shape index (κ2) is 5.24. The molecule has 1 heterocycles. The molecule has 1 saturated heterocycles. The van der Waals surface area contributed by atoms with Crippen LogP contribution < -0.4 is 0 Å². The molecule has 1 aliphatic heterocycles. The summed E-state index contributed by atoms with van der Waals surface area (Å²) in [5, 5.41) is 9.73. The van der Waals surface area contributed by atoms with Crippen LogP contribution in [0.15, 0.2) is 22.7 Å². The van der Waals surface area contributed by atoms with Gasteiger partial charge >= 0.3 is 0 Å². The molecule has 1 unspecified atom stereocenters. The van der Waals surface area contributed by atoms with E-state index in [1.165, 1.54) is 11.1 Å². The molecule has 1 atom stereocenters. The number of hydrogen-bond acceptors (Lipinski definition) is 3. The van der Waals surface area contributed by atoms with Gasteiger partial charge in [-0.05, 0) is 36.1 Å². The van der Waals surface area contributed by atoms with Gasteiger partial charge in [0.1, 0.15) is 5.54 Å². The van der Waals surface area contributed by atoms with Gasteiger partial charge in [0.05, 0.1) is 19.3 Å². The van der Waals surface area contributed by atoms with Gasteiger partial charge in [0.25, 0.3) is 0 Å². The Morgan fingerprint density at radius 3 is 2.79 bits per heavy atom. The van der Waals surface area contributed by atoms with Crippen LogP contribution in [0.1, 0.15) is 17.5 Å². The Morgan fingerprint density at radius 1 is 1.26 bits per heavy atom. The van der Waals surface area contributed by atoms with Crippen LogP contribution in [0.3, 0.4) is 0 Å². The molecule has 3 nitrogen and oxygen atoms in total. The Morgan fingerprint density at radius 2 is 2.05 bits per heavy atom. The normalized spacial score (nSPS) is 27.6. The van der Waals surface area contributed by atoms with Gasteiger partial charge in [-0.25, -0.2) is 0 Å². The molecule has 0 N–H and O–H groups in total. The van der Waals surface area contributed by atoms with E-state index in [4.69, 9.17) is 4.74 Å². The first kappa shape index (κ1) is 13.1. The lowest BCUT2D eigenvalue weighted by molar-refractivity contribution is -0.00767. The summed E-state index contributed by atoms with van der Waals surface area (Å²) in [5.74, 6) is 0. The summed E-state index contributed by atoms with van der Waals surface area (Å²) in [7, 11) is 0. The first-order chi connectivity index (χ1) is 9.23. The zero-order valence-electron chi connectivity index (χ0n) is 10.9. The highest BCUT2D eigenvalue weighted by atomic mass is 79.9. The lowest BCUT2D eigenvalue weighted by Crippen LogP contribution is -2.55. The third kappa shape index (κ3) is 2.43. The van der Waals surface area contributed by atoms with Crippen molar-refractivity contribution in [1.82, 2.24) is 4.90 Å². The summed E-state index contributed by atoms with van der Waals surface area (Å²) in [6, 6.07) is 9.02. The minimum Gasteiger partial charge on any atom is -0.379 e. The molecule has 1 aliphatic carbocycles. The number of aryl methyl sites for hydroxylation is 1. The molecule has 3 rings (SSSR count). The van der Waals surface area contributed by atoms with E-state index >= 15 is 0 Å². The van der Waals surface area contributed by atoms with Crippen molar-refractivity contribution < 1.29 is 4.74 Å². The molecule has 1 aromatic carbocycles. The average molecular weight is 321 g/mol.